The Labute approximate surface area is 371 Å². The number of ether oxygens (including phenoxy) is 2. The average Bonchev–Trinajstić information content (AvgIpc) is 3.71. The van der Waals surface area contributed by atoms with E-state index in [4.69, 9.17) is 9.47 Å². The number of rotatable bonds is 14. The summed E-state index contributed by atoms with van der Waals surface area (Å²) in [5.74, 6) is 7.09. The second kappa shape index (κ2) is 18.6. The number of fused-ring (bicyclic) bond motifs is 4. The van der Waals surface area contributed by atoms with Gasteiger partial charge in [0, 0.05) is 24.8 Å². The zero-order valence-corrected chi connectivity index (χ0v) is 37.9. The van der Waals surface area contributed by atoms with Crippen molar-refractivity contribution in [2.75, 3.05) is 6.61 Å². The van der Waals surface area contributed by atoms with E-state index in [0.29, 0.717) is 62.7 Å². The zero-order valence-electron chi connectivity index (χ0n) is 37.9. The van der Waals surface area contributed by atoms with E-state index in [0.717, 1.165) is 82.6 Å². The van der Waals surface area contributed by atoms with Crippen molar-refractivity contribution in [3.05, 3.63) is 83.4 Å². The maximum absolute atomic E-state index is 15.3. The van der Waals surface area contributed by atoms with Crippen molar-refractivity contribution in [2.45, 2.75) is 180 Å². The molecule has 11 atom stereocenters. The Hall–Kier alpha value is -3.44. The third-order valence-electron chi connectivity index (χ3n) is 17.7. The van der Waals surface area contributed by atoms with Crippen molar-refractivity contribution in [2.24, 2.45) is 45.3 Å². The number of esters is 2. The molecule has 3 N–H and O–H groups in total. The van der Waals surface area contributed by atoms with Crippen LogP contribution in [0.1, 0.15) is 154 Å². The van der Waals surface area contributed by atoms with E-state index >= 15 is 4.79 Å². The molecular weight excluding hydrogens is 773 g/mol. The van der Waals surface area contributed by atoms with Crippen LogP contribution in [0.15, 0.2) is 72.3 Å². The lowest BCUT2D eigenvalue weighted by Gasteiger charge is -2.72. The van der Waals surface area contributed by atoms with Crippen LogP contribution in [0.2, 0.25) is 0 Å². The summed E-state index contributed by atoms with van der Waals surface area (Å²) < 4.78 is 12.5. The predicted molar refractivity (Wildman–Crippen MR) is 242 cm³/mol. The van der Waals surface area contributed by atoms with Gasteiger partial charge in [0.05, 0.1) is 34.1 Å². The molecule has 0 aromatic heterocycles. The van der Waals surface area contributed by atoms with E-state index in [1.54, 1.807) is 0 Å². The third kappa shape index (κ3) is 8.47. The van der Waals surface area contributed by atoms with Crippen LogP contribution in [0.5, 0.6) is 0 Å². The van der Waals surface area contributed by atoms with Gasteiger partial charge in [-0.3, -0.25) is 4.79 Å². The van der Waals surface area contributed by atoms with Crippen LogP contribution in [-0.4, -0.2) is 57.8 Å². The first-order chi connectivity index (χ1) is 29.8. The monoisotopic (exact) mass is 847 g/mol. The Balaban J connectivity index is 1.20. The Morgan fingerprint density at radius 2 is 1.56 bits per heavy atom. The average molecular weight is 847 g/mol. The molecule has 6 aliphatic rings. The fourth-order valence-electron chi connectivity index (χ4n) is 14.4. The van der Waals surface area contributed by atoms with E-state index in [9.17, 15) is 20.1 Å². The molecule has 2 heterocycles. The summed E-state index contributed by atoms with van der Waals surface area (Å²) in [4.78, 5) is 27.6. The van der Waals surface area contributed by atoms with Crippen molar-refractivity contribution in [1.29, 1.82) is 0 Å². The van der Waals surface area contributed by atoms with Crippen molar-refractivity contribution >= 4 is 11.9 Å². The normalized spacial score (nSPS) is 37.0. The number of benzene rings is 2. The first-order valence-electron chi connectivity index (χ1n) is 24.6. The number of cyclic esters (lactones) is 1. The second-order valence-electron chi connectivity index (χ2n) is 21.5. The molecule has 336 valence electrons. The van der Waals surface area contributed by atoms with Crippen LogP contribution in [0.4, 0.5) is 0 Å². The molecule has 0 saturated heterocycles. The van der Waals surface area contributed by atoms with Crippen LogP contribution in [0.25, 0.3) is 0 Å². The van der Waals surface area contributed by atoms with Crippen LogP contribution >= 0.6 is 0 Å². The van der Waals surface area contributed by atoms with Crippen LogP contribution in [0.3, 0.4) is 0 Å². The number of aryl methyl sites for hydroxylation is 1. The van der Waals surface area contributed by atoms with Crippen molar-refractivity contribution < 1.29 is 34.4 Å². The molecule has 1 spiro atoms. The van der Waals surface area contributed by atoms with E-state index in [2.05, 4.69) is 74.2 Å². The summed E-state index contributed by atoms with van der Waals surface area (Å²) in [5, 5.41) is 40.7. The standard InChI is InChI=1S/C55H74O7/c1-39(16-13-21-40-17-7-4-8-18-40)25-26-46(56)55-47(57)28-32-52(3,44-23-11-6-12-24-44)49(55)45-37-51(2,54(55,60)33-27-43-35-48(58)61-38-43)29-15-31-53(50(59)62-45)30-14-22-42(36-53)34-41-19-9-5-10-20-41/h4-5,7-10,17-20,35,39,42,44-47,49,56-57,60H,6,11-14,16,21-28,30-34,36-38H2,1-3H3. The first kappa shape index (κ1) is 45.1. The predicted octanol–water partition coefficient (Wildman–Crippen LogP) is 10.3. The quantitative estimate of drug-likeness (QED) is 0.128. The first-order valence-corrected chi connectivity index (χ1v) is 24.6. The third-order valence-corrected chi connectivity index (χ3v) is 17.7. The Morgan fingerprint density at radius 3 is 2.27 bits per heavy atom. The van der Waals surface area contributed by atoms with E-state index in [1.807, 2.05) is 19.1 Å². The molecular formula is C55H74O7. The zero-order chi connectivity index (χ0) is 43.6. The lowest BCUT2D eigenvalue weighted by atomic mass is 9.35. The highest BCUT2D eigenvalue weighted by molar-refractivity contribution is 5.85. The number of hydrogen-bond donors (Lipinski definition) is 3. The summed E-state index contributed by atoms with van der Waals surface area (Å²) in [7, 11) is 0. The highest BCUT2D eigenvalue weighted by Crippen LogP contribution is 2.72. The van der Waals surface area contributed by atoms with Crippen LogP contribution in [0, 0.1) is 57.2 Å². The summed E-state index contributed by atoms with van der Waals surface area (Å²) >= 11 is 0. The fourth-order valence-corrected chi connectivity index (χ4v) is 14.4. The fraction of sp³-hybridized carbons (Fsp3) is 0.673. The number of aliphatic hydroxyl groups is 3. The molecule has 0 radical (unpaired) electrons. The molecule has 7 heteroatoms. The lowest BCUT2D eigenvalue weighted by molar-refractivity contribution is -0.339. The SMILES string of the molecule is CC(CCCc1ccccc1)CCC(O)C12C(O)CCC(C)(C3CCCCC3)C1C1CC(C)(C#CCC3(CCCC(Cc4ccccc4)C3)C(=O)O1)C2(O)CCC1=CC(=O)OC1. The maximum atomic E-state index is 15.3. The van der Waals surface area contributed by atoms with Gasteiger partial charge >= 0.3 is 11.9 Å². The van der Waals surface area contributed by atoms with Gasteiger partial charge in [-0.2, -0.15) is 0 Å². The van der Waals surface area contributed by atoms with Gasteiger partial charge in [0.1, 0.15) is 12.7 Å². The van der Waals surface area contributed by atoms with Crippen molar-refractivity contribution in [3.8, 4) is 11.8 Å². The number of carbonyl (C=O) groups is 2. The maximum Gasteiger partial charge on any atom is 0.331 e. The summed E-state index contributed by atoms with van der Waals surface area (Å²) in [6, 6.07) is 21.1. The molecule has 11 unspecified atom stereocenters. The molecule has 8 rings (SSSR count). The summed E-state index contributed by atoms with van der Waals surface area (Å²) in [5.41, 5.74) is -2.09. The van der Waals surface area contributed by atoms with Gasteiger partial charge in [0.25, 0.3) is 0 Å². The molecule has 4 saturated carbocycles. The lowest BCUT2D eigenvalue weighted by Crippen LogP contribution is -2.79. The number of carbonyl (C=O) groups excluding carboxylic acids is 2. The smallest absolute Gasteiger partial charge is 0.331 e. The summed E-state index contributed by atoms with van der Waals surface area (Å²) in [6.45, 7) is 6.79. The van der Waals surface area contributed by atoms with E-state index in [-0.39, 0.29) is 25.0 Å². The topological polar surface area (TPSA) is 113 Å². The molecule has 4 fully saturated rings. The molecule has 62 heavy (non-hydrogen) atoms. The molecule has 4 aliphatic carbocycles. The van der Waals surface area contributed by atoms with Gasteiger partial charge in [-0.15, -0.1) is 5.92 Å². The molecule has 2 aromatic rings. The minimum atomic E-state index is -1.70. The highest BCUT2D eigenvalue weighted by Gasteiger charge is 2.78. The molecule has 7 nitrogen and oxygen atoms in total. The van der Waals surface area contributed by atoms with Gasteiger partial charge < -0.3 is 24.8 Å². The molecule has 2 bridgehead atoms. The van der Waals surface area contributed by atoms with Crippen LogP contribution < -0.4 is 0 Å². The number of aliphatic hydroxyl groups excluding tert-OH is 2. The minimum Gasteiger partial charge on any atom is -0.462 e. The minimum absolute atomic E-state index is 0.173. The Morgan fingerprint density at radius 1 is 0.839 bits per heavy atom. The Bertz CT molecular complexity index is 1960. The summed E-state index contributed by atoms with van der Waals surface area (Å²) in [6.07, 6.45) is 15.1. The molecule has 2 aliphatic heterocycles. The van der Waals surface area contributed by atoms with Crippen molar-refractivity contribution in [3.63, 3.8) is 0 Å². The van der Waals surface area contributed by atoms with Crippen LogP contribution in [-0.2, 0) is 31.9 Å². The van der Waals surface area contributed by atoms with Crippen molar-refractivity contribution in [1.82, 2.24) is 0 Å². The molecule has 0 amide bonds. The largest absolute Gasteiger partial charge is 0.462 e. The number of hydrogen-bond acceptors (Lipinski definition) is 7. The van der Waals surface area contributed by atoms with Gasteiger partial charge in [-0.25, -0.2) is 4.79 Å². The van der Waals surface area contributed by atoms with E-state index in [1.165, 1.54) is 23.6 Å². The van der Waals surface area contributed by atoms with Gasteiger partial charge in [0.2, 0.25) is 0 Å². The van der Waals surface area contributed by atoms with Gasteiger partial charge in [-0.1, -0.05) is 119 Å². The highest BCUT2D eigenvalue weighted by atomic mass is 16.5. The van der Waals surface area contributed by atoms with E-state index < -0.39 is 51.5 Å². The van der Waals surface area contributed by atoms with Gasteiger partial charge in [0.15, 0.2) is 0 Å². The Kier molecular flexibility index (Phi) is 13.5. The second-order valence-corrected chi connectivity index (χ2v) is 21.5. The van der Waals surface area contributed by atoms with Gasteiger partial charge in [-0.05, 0) is 130 Å². The molecule has 2 aromatic carbocycles.